The first-order valence-corrected chi connectivity index (χ1v) is 6.99. The molecule has 0 aromatic heterocycles. The third-order valence-corrected chi connectivity index (χ3v) is 4.22. The van der Waals surface area contributed by atoms with Crippen molar-refractivity contribution in [1.82, 2.24) is 0 Å². The van der Waals surface area contributed by atoms with E-state index in [4.69, 9.17) is 0 Å². The summed E-state index contributed by atoms with van der Waals surface area (Å²) in [7, 11) is 0. The molecule has 1 fully saturated rings. The highest BCUT2D eigenvalue weighted by atomic mass is 127. The standard InChI is InChI=1S/C12H14FIN2O3/c1-12(17)2-4-15(5-3-12)10-6-8(13)9(14)7-11(10)16(18)19/h6-7,17H,2-5H2,1H3. The number of benzene rings is 1. The van der Waals surface area contributed by atoms with Gasteiger partial charge in [-0.2, -0.15) is 0 Å². The second kappa shape index (κ2) is 5.20. The third-order valence-electron chi connectivity index (χ3n) is 3.40. The van der Waals surface area contributed by atoms with Gasteiger partial charge in [0.2, 0.25) is 0 Å². The normalized spacial score (nSPS) is 18.4. The van der Waals surface area contributed by atoms with Crippen LogP contribution in [0.25, 0.3) is 0 Å². The molecule has 0 radical (unpaired) electrons. The summed E-state index contributed by atoms with van der Waals surface area (Å²) < 4.78 is 13.9. The monoisotopic (exact) mass is 380 g/mol. The summed E-state index contributed by atoms with van der Waals surface area (Å²) in [6, 6.07) is 2.46. The van der Waals surface area contributed by atoms with E-state index in [1.165, 1.54) is 12.1 Å². The molecular weight excluding hydrogens is 366 g/mol. The smallest absolute Gasteiger partial charge is 0.293 e. The minimum absolute atomic E-state index is 0.0904. The summed E-state index contributed by atoms with van der Waals surface area (Å²) in [5, 5.41) is 20.9. The van der Waals surface area contributed by atoms with Crippen LogP contribution in [0.2, 0.25) is 0 Å². The minimum atomic E-state index is -0.743. The van der Waals surface area contributed by atoms with Gasteiger partial charge in [0, 0.05) is 25.2 Å². The van der Waals surface area contributed by atoms with Crippen LogP contribution in [0, 0.1) is 19.5 Å². The zero-order valence-electron chi connectivity index (χ0n) is 10.4. The molecule has 1 saturated heterocycles. The molecule has 1 heterocycles. The van der Waals surface area contributed by atoms with Crippen LogP contribution in [0.1, 0.15) is 19.8 Å². The third kappa shape index (κ3) is 3.14. The van der Waals surface area contributed by atoms with Gasteiger partial charge in [0.1, 0.15) is 11.5 Å². The molecule has 1 N–H and O–H groups in total. The summed E-state index contributed by atoms with van der Waals surface area (Å²) in [6.45, 7) is 2.70. The Morgan fingerprint density at radius 2 is 2.05 bits per heavy atom. The highest BCUT2D eigenvalue weighted by molar-refractivity contribution is 14.1. The zero-order valence-corrected chi connectivity index (χ0v) is 12.6. The Morgan fingerprint density at radius 3 is 2.58 bits per heavy atom. The number of hydrogen-bond donors (Lipinski definition) is 1. The van der Waals surface area contributed by atoms with E-state index in [0.717, 1.165) is 0 Å². The van der Waals surface area contributed by atoms with Crippen molar-refractivity contribution < 1.29 is 14.4 Å². The molecule has 0 amide bonds. The molecule has 19 heavy (non-hydrogen) atoms. The van der Waals surface area contributed by atoms with Gasteiger partial charge in [-0.05, 0) is 42.4 Å². The predicted molar refractivity (Wildman–Crippen MR) is 77.8 cm³/mol. The van der Waals surface area contributed by atoms with Crippen molar-refractivity contribution in [2.24, 2.45) is 0 Å². The van der Waals surface area contributed by atoms with Gasteiger partial charge in [-0.15, -0.1) is 0 Å². The van der Waals surface area contributed by atoms with Crippen molar-refractivity contribution in [3.63, 3.8) is 0 Å². The quantitative estimate of drug-likeness (QED) is 0.487. The van der Waals surface area contributed by atoms with E-state index in [1.54, 1.807) is 34.4 Å². The molecule has 7 heteroatoms. The van der Waals surface area contributed by atoms with E-state index >= 15 is 0 Å². The molecule has 0 atom stereocenters. The highest BCUT2D eigenvalue weighted by Gasteiger charge is 2.31. The molecule has 1 aromatic carbocycles. The van der Waals surface area contributed by atoms with Crippen LogP contribution in [0.3, 0.4) is 0 Å². The number of nitrogens with zero attached hydrogens (tertiary/aromatic N) is 2. The average Bonchev–Trinajstić information content (AvgIpc) is 2.32. The minimum Gasteiger partial charge on any atom is -0.390 e. The van der Waals surface area contributed by atoms with Gasteiger partial charge in [-0.25, -0.2) is 4.39 Å². The van der Waals surface area contributed by atoms with Gasteiger partial charge in [0.05, 0.1) is 14.1 Å². The Balaban J connectivity index is 2.34. The van der Waals surface area contributed by atoms with Crippen molar-refractivity contribution in [2.45, 2.75) is 25.4 Å². The second-order valence-corrected chi connectivity index (χ2v) is 6.16. The molecule has 0 unspecified atom stereocenters. The first kappa shape index (κ1) is 14.4. The van der Waals surface area contributed by atoms with Crippen LogP contribution < -0.4 is 4.90 Å². The Morgan fingerprint density at radius 1 is 1.47 bits per heavy atom. The van der Waals surface area contributed by atoms with Crippen LogP contribution in [0.5, 0.6) is 0 Å². The first-order valence-electron chi connectivity index (χ1n) is 5.91. The maximum atomic E-state index is 13.6. The van der Waals surface area contributed by atoms with Crippen LogP contribution in [0.15, 0.2) is 12.1 Å². The Kier molecular flexibility index (Phi) is 3.95. The molecule has 1 aromatic rings. The lowest BCUT2D eigenvalue weighted by Crippen LogP contribution is -2.42. The molecule has 0 spiro atoms. The molecule has 1 aliphatic heterocycles. The fourth-order valence-corrected chi connectivity index (χ4v) is 2.61. The number of anilines is 1. The van der Waals surface area contributed by atoms with Crippen LogP contribution >= 0.6 is 22.6 Å². The predicted octanol–water partition coefficient (Wildman–Crippen LogP) is 2.69. The fourth-order valence-electron chi connectivity index (χ4n) is 2.15. The average molecular weight is 380 g/mol. The SMILES string of the molecule is CC1(O)CCN(c2cc(F)c(I)cc2[N+](=O)[O-])CC1. The Labute approximate surface area is 123 Å². The lowest BCUT2D eigenvalue weighted by molar-refractivity contribution is -0.384. The van der Waals surface area contributed by atoms with E-state index in [0.29, 0.717) is 31.6 Å². The highest BCUT2D eigenvalue weighted by Crippen LogP contribution is 2.34. The van der Waals surface area contributed by atoms with E-state index in [2.05, 4.69) is 0 Å². The summed E-state index contributed by atoms with van der Waals surface area (Å²) in [4.78, 5) is 12.3. The van der Waals surface area contributed by atoms with E-state index in [-0.39, 0.29) is 9.26 Å². The van der Waals surface area contributed by atoms with E-state index in [1.807, 2.05) is 0 Å². The van der Waals surface area contributed by atoms with Crippen molar-refractivity contribution >= 4 is 34.0 Å². The van der Waals surface area contributed by atoms with E-state index in [9.17, 15) is 19.6 Å². The van der Waals surface area contributed by atoms with Crippen molar-refractivity contribution in [2.75, 3.05) is 18.0 Å². The van der Waals surface area contributed by atoms with Crippen LogP contribution in [-0.2, 0) is 0 Å². The van der Waals surface area contributed by atoms with E-state index < -0.39 is 16.3 Å². The molecule has 0 aliphatic carbocycles. The summed E-state index contributed by atoms with van der Waals surface area (Å²) in [5.41, 5.74) is -0.543. The van der Waals surface area contributed by atoms with Gasteiger partial charge in [0.25, 0.3) is 5.69 Å². The number of halogens is 2. The molecule has 2 rings (SSSR count). The number of nitro groups is 1. The summed E-state index contributed by atoms with van der Waals surface area (Å²) >= 11 is 1.74. The maximum absolute atomic E-state index is 13.6. The van der Waals surface area contributed by atoms with Crippen molar-refractivity contribution in [3.8, 4) is 0 Å². The van der Waals surface area contributed by atoms with Gasteiger partial charge in [-0.1, -0.05) is 0 Å². The largest absolute Gasteiger partial charge is 0.390 e. The summed E-state index contributed by atoms with van der Waals surface area (Å²) in [6.07, 6.45) is 1.02. The maximum Gasteiger partial charge on any atom is 0.293 e. The molecule has 104 valence electrons. The first-order chi connectivity index (χ1) is 8.80. The molecule has 0 saturated carbocycles. The number of aliphatic hydroxyl groups is 1. The van der Waals surface area contributed by atoms with Gasteiger partial charge in [0.15, 0.2) is 0 Å². The van der Waals surface area contributed by atoms with Crippen molar-refractivity contribution in [3.05, 3.63) is 31.6 Å². The van der Waals surface area contributed by atoms with Gasteiger partial charge in [-0.3, -0.25) is 10.1 Å². The molecule has 1 aliphatic rings. The zero-order chi connectivity index (χ0) is 14.2. The second-order valence-electron chi connectivity index (χ2n) is 5.00. The van der Waals surface area contributed by atoms with Crippen LogP contribution in [-0.4, -0.2) is 28.7 Å². The van der Waals surface area contributed by atoms with Crippen molar-refractivity contribution in [1.29, 1.82) is 0 Å². The number of rotatable bonds is 2. The fraction of sp³-hybridized carbons (Fsp3) is 0.500. The Bertz CT molecular complexity index is 512. The van der Waals surface area contributed by atoms with Crippen LogP contribution in [0.4, 0.5) is 15.8 Å². The molecule has 0 bridgehead atoms. The number of hydrogen-bond acceptors (Lipinski definition) is 4. The summed E-state index contributed by atoms with van der Waals surface area (Å²) in [5.74, 6) is -0.460. The van der Waals surface area contributed by atoms with Gasteiger partial charge >= 0.3 is 0 Å². The Hall–Kier alpha value is -0.960. The lowest BCUT2D eigenvalue weighted by Gasteiger charge is -2.36. The van der Waals surface area contributed by atoms with Gasteiger partial charge < -0.3 is 10.0 Å². The number of nitro benzene ring substituents is 1. The lowest BCUT2D eigenvalue weighted by atomic mass is 9.93. The molecular formula is C12H14FIN2O3. The number of piperidine rings is 1. The molecule has 5 nitrogen and oxygen atoms in total. The topological polar surface area (TPSA) is 66.6 Å².